The van der Waals surface area contributed by atoms with Gasteiger partial charge in [-0.25, -0.2) is 0 Å². The molecule has 28 heavy (non-hydrogen) atoms. The molecule has 1 fully saturated rings. The minimum Gasteiger partial charge on any atom is -0.468 e. The van der Waals surface area contributed by atoms with Gasteiger partial charge in [0.05, 0.1) is 32.1 Å². The van der Waals surface area contributed by atoms with Gasteiger partial charge in [0.25, 0.3) is 0 Å². The predicted octanol–water partition coefficient (Wildman–Crippen LogP) is 3.19. The number of nitrogens with zero attached hydrogens (tertiary/aromatic N) is 2. The van der Waals surface area contributed by atoms with Gasteiger partial charge in [-0.1, -0.05) is 30.3 Å². The van der Waals surface area contributed by atoms with Gasteiger partial charge in [0.15, 0.2) is 5.96 Å². The topological polar surface area (TPSA) is 62.0 Å². The Hall–Kier alpha value is -2.31. The summed E-state index contributed by atoms with van der Waals surface area (Å²) in [5, 5.41) is 6.68. The Bertz CT molecular complexity index is 682. The van der Waals surface area contributed by atoms with E-state index in [1.807, 2.05) is 24.3 Å². The summed E-state index contributed by atoms with van der Waals surface area (Å²) in [6.07, 6.45) is 4.24. The lowest BCUT2D eigenvalue weighted by atomic mass is 10.2. The highest BCUT2D eigenvalue weighted by molar-refractivity contribution is 5.79. The van der Waals surface area contributed by atoms with Gasteiger partial charge >= 0.3 is 0 Å². The van der Waals surface area contributed by atoms with E-state index in [0.29, 0.717) is 26.3 Å². The van der Waals surface area contributed by atoms with Gasteiger partial charge in [-0.2, -0.15) is 0 Å². The molecule has 1 aromatic carbocycles. The fourth-order valence-corrected chi connectivity index (χ4v) is 3.44. The van der Waals surface area contributed by atoms with Crippen LogP contribution in [0.4, 0.5) is 0 Å². The average Bonchev–Trinajstić information content (AvgIpc) is 3.43. The number of ether oxygens (including phenoxy) is 1. The highest BCUT2D eigenvalue weighted by atomic mass is 16.5. The van der Waals surface area contributed by atoms with E-state index in [2.05, 4.69) is 40.7 Å². The number of likely N-dealkylation sites (tertiary alicyclic amines) is 1. The van der Waals surface area contributed by atoms with Crippen molar-refractivity contribution in [2.24, 2.45) is 4.99 Å². The molecule has 0 saturated carbocycles. The summed E-state index contributed by atoms with van der Waals surface area (Å²) < 4.78 is 11.4. The second-order valence-corrected chi connectivity index (χ2v) is 6.96. The Morgan fingerprint density at radius 1 is 1.14 bits per heavy atom. The van der Waals surface area contributed by atoms with Crippen LogP contribution in [0.15, 0.2) is 58.1 Å². The maximum absolute atomic E-state index is 5.75. The number of nitrogens with one attached hydrogen (secondary N) is 2. The number of rotatable bonds is 10. The Morgan fingerprint density at radius 3 is 2.68 bits per heavy atom. The summed E-state index contributed by atoms with van der Waals surface area (Å²) in [7, 11) is 0. The molecule has 1 unspecified atom stereocenters. The molecule has 1 atom stereocenters. The van der Waals surface area contributed by atoms with E-state index in [1.165, 1.54) is 18.4 Å². The van der Waals surface area contributed by atoms with E-state index in [1.54, 1.807) is 6.26 Å². The molecule has 0 radical (unpaired) electrons. The van der Waals surface area contributed by atoms with Gasteiger partial charge in [0.2, 0.25) is 0 Å². The van der Waals surface area contributed by atoms with Crippen LogP contribution in [0.5, 0.6) is 0 Å². The van der Waals surface area contributed by atoms with Crippen LogP contribution in [0, 0.1) is 0 Å². The monoisotopic (exact) mass is 384 g/mol. The number of furan rings is 1. The first kappa shape index (κ1) is 20.4. The molecule has 1 saturated heterocycles. The molecule has 2 heterocycles. The molecule has 1 aromatic heterocycles. The highest BCUT2D eigenvalue weighted by Crippen LogP contribution is 2.25. The fraction of sp³-hybridized carbons (Fsp3) is 0.500. The lowest BCUT2D eigenvalue weighted by Gasteiger charge is -2.24. The number of hydrogen-bond acceptors (Lipinski definition) is 4. The van der Waals surface area contributed by atoms with Crippen molar-refractivity contribution in [1.29, 1.82) is 0 Å². The first-order chi connectivity index (χ1) is 13.9. The van der Waals surface area contributed by atoms with Crippen molar-refractivity contribution in [1.82, 2.24) is 15.5 Å². The van der Waals surface area contributed by atoms with E-state index >= 15 is 0 Å². The van der Waals surface area contributed by atoms with Crippen LogP contribution < -0.4 is 10.6 Å². The third-order valence-corrected chi connectivity index (χ3v) is 4.87. The van der Waals surface area contributed by atoms with E-state index in [4.69, 9.17) is 14.1 Å². The van der Waals surface area contributed by atoms with Gasteiger partial charge in [0, 0.05) is 13.1 Å². The Kier molecular flexibility index (Phi) is 8.40. The smallest absolute Gasteiger partial charge is 0.191 e. The molecule has 152 valence electrons. The zero-order valence-corrected chi connectivity index (χ0v) is 16.8. The molecular formula is C22H32N4O2. The van der Waals surface area contributed by atoms with E-state index < -0.39 is 0 Å². The van der Waals surface area contributed by atoms with Crippen LogP contribution in [0.1, 0.15) is 37.1 Å². The molecule has 0 bridgehead atoms. The maximum atomic E-state index is 5.75. The first-order valence-corrected chi connectivity index (χ1v) is 10.3. The zero-order valence-electron chi connectivity index (χ0n) is 16.8. The van der Waals surface area contributed by atoms with Crippen LogP contribution in [0.3, 0.4) is 0 Å². The number of aliphatic imine (C=N–C) groups is 1. The van der Waals surface area contributed by atoms with Gasteiger partial charge in [-0.15, -0.1) is 0 Å². The number of benzene rings is 1. The second kappa shape index (κ2) is 11.5. The van der Waals surface area contributed by atoms with Crippen molar-refractivity contribution < 1.29 is 9.15 Å². The summed E-state index contributed by atoms with van der Waals surface area (Å²) in [5.41, 5.74) is 1.19. The van der Waals surface area contributed by atoms with Gasteiger partial charge in [0.1, 0.15) is 5.76 Å². The van der Waals surface area contributed by atoms with Crippen molar-refractivity contribution in [2.45, 2.75) is 32.4 Å². The van der Waals surface area contributed by atoms with E-state index in [0.717, 1.165) is 31.4 Å². The van der Waals surface area contributed by atoms with Gasteiger partial charge in [-0.3, -0.25) is 9.89 Å². The molecule has 0 amide bonds. The normalized spacial score (nSPS) is 16.2. The standard InChI is InChI=1S/C22H32N4O2/c1-2-23-22(24-12-16-27-18-19-9-4-3-5-10-19)25-17-20(21-11-8-15-28-21)26-13-6-7-14-26/h3-5,8-11,15,20H,2,6-7,12-14,16-18H2,1H3,(H2,23,24,25). The molecule has 6 heteroatoms. The van der Waals surface area contributed by atoms with Gasteiger partial charge < -0.3 is 19.8 Å². The SMILES string of the molecule is CCNC(=NCC(c1ccco1)N1CCCC1)NCCOCc1ccccc1. The molecule has 2 aromatic rings. The summed E-state index contributed by atoms with van der Waals surface area (Å²) in [5.74, 6) is 1.81. The second-order valence-electron chi connectivity index (χ2n) is 6.96. The molecule has 0 spiro atoms. The van der Waals surface area contributed by atoms with Crippen LogP contribution >= 0.6 is 0 Å². The molecular weight excluding hydrogens is 352 g/mol. The molecule has 1 aliphatic heterocycles. The van der Waals surface area contributed by atoms with Crippen LogP contribution in [0.25, 0.3) is 0 Å². The highest BCUT2D eigenvalue weighted by Gasteiger charge is 2.25. The predicted molar refractivity (Wildman–Crippen MR) is 112 cm³/mol. The summed E-state index contributed by atoms with van der Waals surface area (Å²) in [6.45, 7) is 7.77. The zero-order chi connectivity index (χ0) is 19.4. The molecule has 6 nitrogen and oxygen atoms in total. The van der Waals surface area contributed by atoms with Crippen LogP contribution in [0.2, 0.25) is 0 Å². The molecule has 3 rings (SSSR count). The third-order valence-electron chi connectivity index (χ3n) is 4.87. The largest absolute Gasteiger partial charge is 0.468 e. The lowest BCUT2D eigenvalue weighted by Crippen LogP contribution is -2.39. The average molecular weight is 385 g/mol. The fourth-order valence-electron chi connectivity index (χ4n) is 3.44. The summed E-state index contributed by atoms with van der Waals surface area (Å²) in [6, 6.07) is 14.4. The summed E-state index contributed by atoms with van der Waals surface area (Å²) >= 11 is 0. The third kappa shape index (κ3) is 6.39. The minimum atomic E-state index is 0.197. The van der Waals surface area contributed by atoms with Crippen LogP contribution in [-0.4, -0.2) is 50.2 Å². The van der Waals surface area contributed by atoms with Crippen LogP contribution in [-0.2, 0) is 11.3 Å². The molecule has 2 N–H and O–H groups in total. The maximum Gasteiger partial charge on any atom is 0.191 e. The van der Waals surface area contributed by atoms with Crippen molar-refractivity contribution in [3.8, 4) is 0 Å². The van der Waals surface area contributed by atoms with Crippen molar-refractivity contribution >= 4 is 5.96 Å². The molecule has 0 aliphatic carbocycles. The Labute approximate surface area is 168 Å². The minimum absolute atomic E-state index is 0.197. The number of guanidine groups is 1. The molecule has 1 aliphatic rings. The lowest BCUT2D eigenvalue weighted by molar-refractivity contribution is 0.125. The number of hydrogen-bond donors (Lipinski definition) is 2. The summed E-state index contributed by atoms with van der Waals surface area (Å²) in [4.78, 5) is 7.27. The van der Waals surface area contributed by atoms with Crippen molar-refractivity contribution in [2.75, 3.05) is 39.3 Å². The van der Waals surface area contributed by atoms with E-state index in [9.17, 15) is 0 Å². The Balaban J connectivity index is 1.48. The van der Waals surface area contributed by atoms with Crippen molar-refractivity contribution in [3.63, 3.8) is 0 Å². The van der Waals surface area contributed by atoms with Crippen molar-refractivity contribution in [3.05, 3.63) is 60.1 Å². The van der Waals surface area contributed by atoms with Gasteiger partial charge in [-0.05, 0) is 50.6 Å². The quantitative estimate of drug-likeness (QED) is 0.374. The first-order valence-electron chi connectivity index (χ1n) is 10.3. The van der Waals surface area contributed by atoms with E-state index in [-0.39, 0.29) is 6.04 Å². The Morgan fingerprint density at radius 2 is 1.96 bits per heavy atom.